The fraction of sp³-hybridized carbons (Fsp3) is 0.286. The van der Waals surface area contributed by atoms with Gasteiger partial charge in [0.25, 0.3) is 0 Å². The summed E-state index contributed by atoms with van der Waals surface area (Å²) in [7, 11) is 0. The van der Waals surface area contributed by atoms with Crippen molar-refractivity contribution in [3.05, 3.63) is 47.2 Å². The number of benzene rings is 1. The molecule has 0 saturated heterocycles. The molecule has 0 N–H and O–H groups in total. The molecule has 0 amide bonds. The zero-order chi connectivity index (χ0) is 13.2. The standard InChI is InChI=1S/C14H14BrN3S/c1-10(15)9-19-14-16-13(11-7-8-11)18(17-14)12-5-3-2-4-6-12/h2-6,11H,1,7-9H2. The van der Waals surface area contributed by atoms with Gasteiger partial charge in [0.2, 0.25) is 5.16 Å². The lowest BCUT2D eigenvalue weighted by Crippen LogP contribution is -2.01. The summed E-state index contributed by atoms with van der Waals surface area (Å²) in [6, 6.07) is 10.2. The Kier molecular flexibility index (Phi) is 3.75. The summed E-state index contributed by atoms with van der Waals surface area (Å²) in [4.78, 5) is 4.67. The van der Waals surface area contributed by atoms with Gasteiger partial charge in [0.15, 0.2) is 0 Å². The minimum absolute atomic E-state index is 0.578. The molecule has 1 aromatic heterocycles. The summed E-state index contributed by atoms with van der Waals surface area (Å²) in [5.41, 5.74) is 1.08. The van der Waals surface area contributed by atoms with Crippen LogP contribution in [-0.2, 0) is 0 Å². The number of para-hydroxylation sites is 1. The Balaban J connectivity index is 1.91. The Hall–Kier alpha value is -1.07. The summed E-state index contributed by atoms with van der Waals surface area (Å²) in [5, 5.41) is 5.45. The molecule has 0 unspecified atom stereocenters. The van der Waals surface area contributed by atoms with Crippen LogP contribution in [0, 0.1) is 0 Å². The van der Waals surface area contributed by atoms with Crippen LogP contribution >= 0.6 is 27.7 Å². The van der Waals surface area contributed by atoms with Crippen LogP contribution in [0.25, 0.3) is 5.69 Å². The van der Waals surface area contributed by atoms with E-state index in [1.54, 1.807) is 11.8 Å². The van der Waals surface area contributed by atoms with Crippen LogP contribution in [-0.4, -0.2) is 20.5 Å². The molecule has 98 valence electrons. The van der Waals surface area contributed by atoms with Crippen LogP contribution in [0.2, 0.25) is 0 Å². The van der Waals surface area contributed by atoms with Gasteiger partial charge in [-0.25, -0.2) is 9.67 Å². The Labute approximate surface area is 125 Å². The minimum Gasteiger partial charge on any atom is -0.216 e. The number of thioether (sulfide) groups is 1. The quantitative estimate of drug-likeness (QED) is 0.769. The third kappa shape index (κ3) is 3.09. The molecule has 1 aliphatic rings. The maximum absolute atomic E-state index is 4.67. The summed E-state index contributed by atoms with van der Waals surface area (Å²) >= 11 is 4.98. The van der Waals surface area contributed by atoms with Crippen molar-refractivity contribution in [3.63, 3.8) is 0 Å². The molecule has 1 aromatic carbocycles. The van der Waals surface area contributed by atoms with Crippen molar-refractivity contribution in [1.29, 1.82) is 0 Å². The third-order valence-corrected chi connectivity index (χ3v) is 4.49. The average Bonchev–Trinajstić information content (AvgIpc) is 3.17. The first-order valence-electron chi connectivity index (χ1n) is 6.22. The molecule has 0 aliphatic heterocycles. The van der Waals surface area contributed by atoms with Crippen molar-refractivity contribution in [2.24, 2.45) is 0 Å². The SMILES string of the molecule is C=C(Br)CSc1nc(C2CC2)n(-c2ccccc2)n1. The number of hydrogen-bond donors (Lipinski definition) is 0. The maximum Gasteiger partial charge on any atom is 0.209 e. The lowest BCUT2D eigenvalue weighted by Gasteiger charge is -2.03. The van der Waals surface area contributed by atoms with Crippen LogP contribution in [0.15, 0.2) is 46.5 Å². The van der Waals surface area contributed by atoms with Gasteiger partial charge in [-0.15, -0.1) is 5.10 Å². The van der Waals surface area contributed by atoms with Gasteiger partial charge < -0.3 is 0 Å². The molecule has 1 heterocycles. The zero-order valence-corrected chi connectivity index (χ0v) is 12.8. The lowest BCUT2D eigenvalue weighted by molar-refractivity contribution is 0.782. The van der Waals surface area contributed by atoms with Crippen molar-refractivity contribution in [3.8, 4) is 5.69 Å². The lowest BCUT2D eigenvalue weighted by atomic mass is 10.3. The highest BCUT2D eigenvalue weighted by Gasteiger charge is 2.30. The number of nitrogens with zero attached hydrogens (tertiary/aromatic N) is 3. The van der Waals surface area contributed by atoms with Crippen LogP contribution in [0.4, 0.5) is 0 Å². The average molecular weight is 336 g/mol. The smallest absolute Gasteiger partial charge is 0.209 e. The van der Waals surface area contributed by atoms with Crippen LogP contribution in [0.3, 0.4) is 0 Å². The van der Waals surface area contributed by atoms with Crippen molar-refractivity contribution in [2.45, 2.75) is 23.9 Å². The van der Waals surface area contributed by atoms with Gasteiger partial charge in [-0.3, -0.25) is 0 Å². The molecule has 5 heteroatoms. The minimum atomic E-state index is 0.578. The maximum atomic E-state index is 4.67. The number of rotatable bonds is 5. The second-order valence-electron chi connectivity index (χ2n) is 4.58. The van der Waals surface area contributed by atoms with Crippen molar-refractivity contribution in [2.75, 3.05) is 5.75 Å². The molecule has 1 saturated carbocycles. The molecule has 3 rings (SSSR count). The fourth-order valence-corrected chi connectivity index (χ4v) is 2.80. The van der Waals surface area contributed by atoms with Crippen molar-refractivity contribution < 1.29 is 0 Å². The predicted molar refractivity (Wildman–Crippen MR) is 82.1 cm³/mol. The normalized spacial score (nSPS) is 14.6. The van der Waals surface area contributed by atoms with Crippen LogP contribution in [0.1, 0.15) is 24.6 Å². The van der Waals surface area contributed by atoms with Gasteiger partial charge >= 0.3 is 0 Å². The zero-order valence-electron chi connectivity index (χ0n) is 10.4. The van der Waals surface area contributed by atoms with E-state index in [2.05, 4.69) is 44.7 Å². The molecule has 1 aliphatic carbocycles. The van der Waals surface area contributed by atoms with Crippen molar-refractivity contribution >= 4 is 27.7 Å². The molecule has 0 atom stereocenters. The molecule has 0 radical (unpaired) electrons. The topological polar surface area (TPSA) is 30.7 Å². The Morgan fingerprint density at radius 3 is 2.74 bits per heavy atom. The molecule has 0 bridgehead atoms. The molecule has 1 fully saturated rings. The van der Waals surface area contributed by atoms with E-state index >= 15 is 0 Å². The van der Waals surface area contributed by atoms with Gasteiger partial charge in [-0.2, -0.15) is 0 Å². The molecule has 2 aromatic rings. The van der Waals surface area contributed by atoms with E-state index in [1.165, 1.54) is 12.8 Å². The van der Waals surface area contributed by atoms with E-state index in [1.807, 2.05) is 22.9 Å². The Morgan fingerprint density at radius 2 is 2.11 bits per heavy atom. The van der Waals surface area contributed by atoms with Gasteiger partial charge in [-0.1, -0.05) is 52.5 Å². The first-order valence-corrected chi connectivity index (χ1v) is 8.00. The number of hydrogen-bond acceptors (Lipinski definition) is 3. The second-order valence-corrected chi connectivity index (χ2v) is 6.64. The molecule has 19 heavy (non-hydrogen) atoms. The molecular formula is C14H14BrN3S. The summed E-state index contributed by atoms with van der Waals surface area (Å²) in [6.07, 6.45) is 2.45. The van der Waals surface area contributed by atoms with E-state index in [0.717, 1.165) is 26.9 Å². The molecule has 3 nitrogen and oxygen atoms in total. The number of aromatic nitrogens is 3. The van der Waals surface area contributed by atoms with Gasteiger partial charge in [-0.05, 0) is 29.5 Å². The first-order chi connectivity index (χ1) is 9.24. The second kappa shape index (κ2) is 5.51. The monoisotopic (exact) mass is 335 g/mol. The van der Waals surface area contributed by atoms with Gasteiger partial charge in [0.1, 0.15) is 5.82 Å². The highest BCUT2D eigenvalue weighted by atomic mass is 79.9. The summed E-state index contributed by atoms with van der Waals surface area (Å²) in [5.74, 6) is 2.46. The Bertz CT molecular complexity index is 590. The van der Waals surface area contributed by atoms with Gasteiger partial charge in [0, 0.05) is 11.7 Å². The highest BCUT2D eigenvalue weighted by molar-refractivity contribution is 9.11. The van der Waals surface area contributed by atoms with E-state index in [9.17, 15) is 0 Å². The predicted octanol–water partition coefficient (Wildman–Crippen LogP) is 4.15. The molecular weight excluding hydrogens is 322 g/mol. The summed E-state index contributed by atoms with van der Waals surface area (Å²) in [6.45, 7) is 3.84. The largest absolute Gasteiger partial charge is 0.216 e. The van der Waals surface area contributed by atoms with E-state index in [-0.39, 0.29) is 0 Å². The Morgan fingerprint density at radius 1 is 1.37 bits per heavy atom. The van der Waals surface area contributed by atoms with Crippen LogP contribution < -0.4 is 0 Å². The van der Waals surface area contributed by atoms with Crippen LogP contribution in [0.5, 0.6) is 0 Å². The molecule has 0 spiro atoms. The number of halogens is 1. The van der Waals surface area contributed by atoms with Gasteiger partial charge in [0.05, 0.1) is 5.69 Å². The third-order valence-electron chi connectivity index (χ3n) is 2.91. The highest BCUT2D eigenvalue weighted by Crippen LogP contribution is 2.40. The van der Waals surface area contributed by atoms with Crippen molar-refractivity contribution in [1.82, 2.24) is 14.8 Å². The fourth-order valence-electron chi connectivity index (χ4n) is 1.87. The van der Waals surface area contributed by atoms with E-state index < -0.39 is 0 Å². The van der Waals surface area contributed by atoms with E-state index in [0.29, 0.717) is 5.92 Å². The summed E-state index contributed by atoms with van der Waals surface area (Å²) < 4.78 is 2.94. The first kappa shape index (κ1) is 12.9. The van der Waals surface area contributed by atoms with E-state index in [4.69, 9.17) is 0 Å².